The third kappa shape index (κ3) is 5.80. The monoisotopic (exact) mass is 363 g/mol. The molecule has 144 valence electrons. The lowest BCUT2D eigenvalue weighted by atomic mass is 9.95. The third-order valence-electron chi connectivity index (χ3n) is 5.04. The van der Waals surface area contributed by atoms with Gasteiger partial charge in [-0.2, -0.15) is 0 Å². The number of hydrogen-bond donors (Lipinski definition) is 2. The number of hydrogen-bond acceptors (Lipinski definition) is 3. The number of likely N-dealkylation sites (tertiary alicyclic amines) is 1. The fourth-order valence-corrected chi connectivity index (χ4v) is 3.25. The summed E-state index contributed by atoms with van der Waals surface area (Å²) >= 11 is 0. The topological polar surface area (TPSA) is 61.4 Å². The molecule has 1 aromatic carbocycles. The van der Waals surface area contributed by atoms with E-state index in [1.165, 1.54) is 6.07 Å². The van der Waals surface area contributed by atoms with Gasteiger partial charge in [-0.15, -0.1) is 0 Å². The zero-order chi connectivity index (χ0) is 18.9. The first kappa shape index (κ1) is 20.4. The van der Waals surface area contributed by atoms with Gasteiger partial charge in [-0.25, -0.2) is 4.39 Å². The molecule has 1 aliphatic heterocycles. The molecular weight excluding hydrogens is 333 g/mol. The largest absolute Gasteiger partial charge is 0.356 e. The Morgan fingerprint density at radius 3 is 2.58 bits per heavy atom. The molecule has 1 atom stereocenters. The second-order valence-corrected chi connectivity index (χ2v) is 6.95. The van der Waals surface area contributed by atoms with Crippen LogP contribution in [-0.2, 0) is 9.59 Å². The summed E-state index contributed by atoms with van der Waals surface area (Å²) in [7, 11) is 0. The fraction of sp³-hybridized carbons (Fsp3) is 0.600. The molecule has 0 aliphatic carbocycles. The van der Waals surface area contributed by atoms with Crippen LogP contribution in [0.25, 0.3) is 0 Å². The highest BCUT2D eigenvalue weighted by Crippen LogP contribution is 2.20. The minimum absolute atomic E-state index is 0.0229. The van der Waals surface area contributed by atoms with Crippen LogP contribution in [0.3, 0.4) is 0 Å². The average molecular weight is 363 g/mol. The van der Waals surface area contributed by atoms with E-state index in [1.807, 2.05) is 6.92 Å². The molecule has 1 aromatic rings. The van der Waals surface area contributed by atoms with E-state index < -0.39 is 5.82 Å². The van der Waals surface area contributed by atoms with Gasteiger partial charge in [-0.05, 0) is 51.4 Å². The van der Waals surface area contributed by atoms with Crippen LogP contribution in [0.15, 0.2) is 24.3 Å². The molecule has 0 saturated carbocycles. The minimum atomic E-state index is -0.438. The summed E-state index contributed by atoms with van der Waals surface area (Å²) < 4.78 is 13.7. The number of para-hydroxylation sites is 1. The van der Waals surface area contributed by atoms with Crippen molar-refractivity contribution in [3.05, 3.63) is 30.1 Å². The lowest BCUT2D eigenvalue weighted by Gasteiger charge is -2.34. The van der Waals surface area contributed by atoms with Gasteiger partial charge in [0, 0.05) is 12.5 Å². The number of nitrogens with one attached hydrogen (secondary N) is 2. The minimum Gasteiger partial charge on any atom is -0.356 e. The van der Waals surface area contributed by atoms with E-state index in [4.69, 9.17) is 0 Å². The maximum absolute atomic E-state index is 13.7. The normalized spacial score (nSPS) is 16.9. The van der Waals surface area contributed by atoms with Crippen LogP contribution in [0.5, 0.6) is 0 Å². The Labute approximate surface area is 155 Å². The smallest absolute Gasteiger partial charge is 0.241 e. The van der Waals surface area contributed by atoms with Crippen molar-refractivity contribution >= 4 is 17.5 Å². The van der Waals surface area contributed by atoms with E-state index in [2.05, 4.69) is 22.5 Å². The molecule has 26 heavy (non-hydrogen) atoms. The Bertz CT molecular complexity index is 600. The molecule has 2 N–H and O–H groups in total. The van der Waals surface area contributed by atoms with Gasteiger partial charge in [-0.3, -0.25) is 14.5 Å². The Morgan fingerprint density at radius 1 is 1.23 bits per heavy atom. The summed E-state index contributed by atoms with van der Waals surface area (Å²) in [5.74, 6) is -0.511. The van der Waals surface area contributed by atoms with Gasteiger partial charge in [0.05, 0.1) is 11.7 Å². The van der Waals surface area contributed by atoms with E-state index in [0.717, 1.165) is 38.6 Å². The van der Waals surface area contributed by atoms with E-state index in [0.29, 0.717) is 13.1 Å². The summed E-state index contributed by atoms with van der Waals surface area (Å²) in [6.45, 7) is 6.09. The van der Waals surface area contributed by atoms with Gasteiger partial charge < -0.3 is 10.6 Å². The molecule has 0 bridgehead atoms. The summed E-state index contributed by atoms with van der Waals surface area (Å²) in [6.07, 6.45) is 4.79. The number of anilines is 1. The van der Waals surface area contributed by atoms with Crippen molar-refractivity contribution < 1.29 is 14.0 Å². The fourth-order valence-electron chi connectivity index (χ4n) is 3.25. The summed E-state index contributed by atoms with van der Waals surface area (Å²) in [6, 6.07) is 5.80. The van der Waals surface area contributed by atoms with Gasteiger partial charge in [0.2, 0.25) is 11.8 Å². The van der Waals surface area contributed by atoms with Gasteiger partial charge in [0.15, 0.2) is 0 Å². The van der Waals surface area contributed by atoms with Crippen LogP contribution in [0.4, 0.5) is 10.1 Å². The second-order valence-electron chi connectivity index (χ2n) is 6.95. The molecule has 2 amide bonds. The molecule has 1 aliphatic rings. The van der Waals surface area contributed by atoms with Crippen LogP contribution in [-0.4, -0.2) is 42.4 Å². The summed E-state index contributed by atoms with van der Waals surface area (Å²) in [4.78, 5) is 26.6. The highest BCUT2D eigenvalue weighted by atomic mass is 19.1. The first-order valence-electron chi connectivity index (χ1n) is 9.60. The number of amides is 2. The summed E-state index contributed by atoms with van der Waals surface area (Å²) in [5, 5.41) is 5.66. The SMILES string of the molecule is CCCCCNC(=O)C1CCN(C(C)C(=O)Nc2ccccc2F)CC1. The first-order chi connectivity index (χ1) is 12.5. The Morgan fingerprint density at radius 2 is 1.92 bits per heavy atom. The molecular formula is C20H30FN3O2. The predicted octanol–water partition coefficient (Wildman–Crippen LogP) is 3.17. The molecule has 5 nitrogen and oxygen atoms in total. The lowest BCUT2D eigenvalue weighted by molar-refractivity contribution is -0.127. The zero-order valence-corrected chi connectivity index (χ0v) is 15.8. The molecule has 1 heterocycles. The number of unbranched alkanes of at least 4 members (excludes halogenated alkanes) is 2. The van der Waals surface area contributed by atoms with Gasteiger partial charge in [-0.1, -0.05) is 31.9 Å². The highest BCUT2D eigenvalue weighted by Gasteiger charge is 2.29. The third-order valence-corrected chi connectivity index (χ3v) is 5.04. The van der Waals surface area contributed by atoms with Crippen LogP contribution >= 0.6 is 0 Å². The standard InChI is InChI=1S/C20H30FN3O2/c1-3-4-7-12-22-20(26)16-10-13-24(14-11-16)15(2)19(25)23-18-9-6-5-8-17(18)21/h5-6,8-9,15-16H,3-4,7,10-14H2,1-2H3,(H,22,26)(H,23,25). The van der Waals surface area contributed by atoms with Crippen molar-refractivity contribution in [2.24, 2.45) is 5.92 Å². The van der Waals surface area contributed by atoms with Crippen molar-refractivity contribution in [3.8, 4) is 0 Å². The van der Waals surface area contributed by atoms with Crippen molar-refractivity contribution in [1.82, 2.24) is 10.2 Å². The van der Waals surface area contributed by atoms with E-state index >= 15 is 0 Å². The molecule has 6 heteroatoms. The average Bonchev–Trinajstić information content (AvgIpc) is 2.66. The molecule has 1 fully saturated rings. The first-order valence-corrected chi connectivity index (χ1v) is 9.60. The van der Waals surface area contributed by atoms with Crippen molar-refractivity contribution in [2.45, 2.75) is 52.0 Å². The molecule has 0 radical (unpaired) electrons. The van der Waals surface area contributed by atoms with Crippen molar-refractivity contribution in [2.75, 3.05) is 25.0 Å². The zero-order valence-electron chi connectivity index (χ0n) is 15.8. The molecule has 2 rings (SSSR count). The Hall–Kier alpha value is -1.95. The lowest BCUT2D eigenvalue weighted by Crippen LogP contribution is -2.48. The van der Waals surface area contributed by atoms with E-state index in [9.17, 15) is 14.0 Å². The predicted molar refractivity (Wildman–Crippen MR) is 101 cm³/mol. The molecule has 1 unspecified atom stereocenters. The van der Waals surface area contributed by atoms with Gasteiger partial charge >= 0.3 is 0 Å². The number of carbonyl (C=O) groups excluding carboxylic acids is 2. The van der Waals surface area contributed by atoms with Gasteiger partial charge in [0.1, 0.15) is 5.82 Å². The van der Waals surface area contributed by atoms with Crippen LogP contribution < -0.4 is 10.6 Å². The van der Waals surface area contributed by atoms with Crippen molar-refractivity contribution in [1.29, 1.82) is 0 Å². The maximum Gasteiger partial charge on any atom is 0.241 e. The quantitative estimate of drug-likeness (QED) is 0.698. The van der Waals surface area contributed by atoms with E-state index in [1.54, 1.807) is 18.2 Å². The number of rotatable bonds is 8. The molecule has 0 aromatic heterocycles. The second kappa shape index (κ2) is 10.3. The van der Waals surface area contributed by atoms with Crippen molar-refractivity contribution in [3.63, 3.8) is 0 Å². The maximum atomic E-state index is 13.7. The Balaban J connectivity index is 1.77. The number of nitrogens with zero attached hydrogens (tertiary/aromatic N) is 1. The Kier molecular flexibility index (Phi) is 8.04. The molecule has 1 saturated heterocycles. The van der Waals surface area contributed by atoms with Gasteiger partial charge in [0.25, 0.3) is 0 Å². The molecule has 0 spiro atoms. The number of benzene rings is 1. The number of piperidine rings is 1. The van der Waals surface area contributed by atoms with Crippen LogP contribution in [0.1, 0.15) is 46.0 Å². The van der Waals surface area contributed by atoms with Crippen LogP contribution in [0, 0.1) is 11.7 Å². The number of halogens is 1. The summed E-state index contributed by atoms with van der Waals surface area (Å²) in [5.41, 5.74) is 0.200. The number of carbonyl (C=O) groups is 2. The van der Waals surface area contributed by atoms with Crippen LogP contribution in [0.2, 0.25) is 0 Å². The van der Waals surface area contributed by atoms with E-state index in [-0.39, 0.29) is 29.5 Å². The highest BCUT2D eigenvalue weighted by molar-refractivity contribution is 5.94.